The fourth-order valence-electron chi connectivity index (χ4n) is 1.61. The zero-order valence-electron chi connectivity index (χ0n) is 11.4. The summed E-state index contributed by atoms with van der Waals surface area (Å²) in [5.74, 6) is -1.08. The molecule has 0 saturated carbocycles. The first-order valence-corrected chi connectivity index (χ1v) is 6.94. The number of carbonyl (C=O) groups is 2. The number of nitrogens with zero attached hydrogens (tertiary/aromatic N) is 1. The van der Waals surface area contributed by atoms with Crippen LogP contribution in [-0.2, 0) is 0 Å². The highest BCUT2D eigenvalue weighted by molar-refractivity contribution is 9.10. The van der Waals surface area contributed by atoms with Crippen molar-refractivity contribution in [2.45, 2.75) is 6.42 Å². The van der Waals surface area contributed by atoms with Gasteiger partial charge in [-0.2, -0.15) is 0 Å². The van der Waals surface area contributed by atoms with E-state index in [4.69, 9.17) is 5.11 Å². The van der Waals surface area contributed by atoms with Gasteiger partial charge in [0.25, 0.3) is 0 Å². The van der Waals surface area contributed by atoms with E-state index < -0.39 is 5.97 Å². The van der Waals surface area contributed by atoms with Gasteiger partial charge in [-0.05, 0) is 38.2 Å². The maximum Gasteiger partial charge on any atom is 0.337 e. The van der Waals surface area contributed by atoms with Gasteiger partial charge in [-0.25, -0.2) is 9.59 Å². The molecule has 7 heteroatoms. The summed E-state index contributed by atoms with van der Waals surface area (Å²) in [6.45, 7) is 1.40. The van der Waals surface area contributed by atoms with E-state index in [1.54, 1.807) is 19.2 Å². The molecule has 110 valence electrons. The van der Waals surface area contributed by atoms with Gasteiger partial charge in [-0.1, -0.05) is 15.9 Å². The highest BCUT2D eigenvalue weighted by Crippen LogP contribution is 2.21. The van der Waals surface area contributed by atoms with Crippen molar-refractivity contribution in [2.24, 2.45) is 0 Å². The van der Waals surface area contributed by atoms with Crippen LogP contribution >= 0.6 is 15.9 Å². The Morgan fingerprint density at radius 2 is 2.10 bits per heavy atom. The van der Waals surface area contributed by atoms with E-state index in [1.165, 1.54) is 11.0 Å². The summed E-state index contributed by atoms with van der Waals surface area (Å²) in [4.78, 5) is 24.6. The van der Waals surface area contributed by atoms with Gasteiger partial charge in [0.15, 0.2) is 0 Å². The van der Waals surface area contributed by atoms with Gasteiger partial charge in [-0.3, -0.25) is 0 Å². The Labute approximate surface area is 126 Å². The van der Waals surface area contributed by atoms with Crippen LogP contribution in [0.25, 0.3) is 0 Å². The lowest BCUT2D eigenvalue weighted by Gasteiger charge is -2.18. The summed E-state index contributed by atoms with van der Waals surface area (Å²) in [5.41, 5.74) is 0.336. The molecular formula is C13H18BrN3O3. The van der Waals surface area contributed by atoms with E-state index in [-0.39, 0.29) is 17.3 Å². The van der Waals surface area contributed by atoms with E-state index in [0.717, 1.165) is 13.0 Å². The number of halogens is 1. The number of nitrogens with one attached hydrogen (secondary N) is 2. The van der Waals surface area contributed by atoms with Gasteiger partial charge in [0, 0.05) is 18.1 Å². The van der Waals surface area contributed by atoms with Crippen LogP contribution in [0.4, 0.5) is 10.5 Å². The van der Waals surface area contributed by atoms with Crippen LogP contribution in [0.5, 0.6) is 0 Å². The fourth-order valence-corrected chi connectivity index (χ4v) is 1.97. The molecule has 1 aromatic carbocycles. The Morgan fingerprint density at radius 1 is 1.40 bits per heavy atom. The molecule has 0 bridgehead atoms. The van der Waals surface area contributed by atoms with Gasteiger partial charge in [-0.15, -0.1) is 0 Å². The molecule has 0 spiro atoms. The second-order valence-electron chi connectivity index (χ2n) is 4.30. The minimum absolute atomic E-state index is 0.0522. The summed E-state index contributed by atoms with van der Waals surface area (Å²) in [6.07, 6.45) is 0.826. The normalized spacial score (nSPS) is 10.2. The fraction of sp³-hybridized carbons (Fsp3) is 0.385. The largest absolute Gasteiger partial charge is 0.478 e. The Morgan fingerprint density at radius 3 is 2.70 bits per heavy atom. The lowest BCUT2D eigenvalue weighted by atomic mass is 10.2. The van der Waals surface area contributed by atoms with Crippen molar-refractivity contribution >= 4 is 33.6 Å². The van der Waals surface area contributed by atoms with Crippen molar-refractivity contribution in [2.75, 3.05) is 32.5 Å². The predicted octanol–water partition coefficient (Wildman–Crippen LogP) is 2.22. The topological polar surface area (TPSA) is 81.7 Å². The molecule has 0 heterocycles. The number of carboxylic acids is 1. The van der Waals surface area contributed by atoms with Gasteiger partial charge in [0.1, 0.15) is 0 Å². The minimum Gasteiger partial charge on any atom is -0.478 e. The van der Waals surface area contributed by atoms with Crippen molar-refractivity contribution < 1.29 is 14.7 Å². The first-order valence-electron chi connectivity index (χ1n) is 6.15. The molecule has 0 fully saturated rings. The van der Waals surface area contributed by atoms with Crippen LogP contribution in [0.1, 0.15) is 16.8 Å². The molecule has 0 unspecified atom stereocenters. The molecule has 0 aliphatic rings. The number of carboxylic acid groups (broad SMARTS) is 1. The van der Waals surface area contributed by atoms with E-state index in [2.05, 4.69) is 26.6 Å². The average molecular weight is 344 g/mol. The van der Waals surface area contributed by atoms with Crippen LogP contribution in [0.2, 0.25) is 0 Å². The molecule has 0 aliphatic carbocycles. The summed E-state index contributed by atoms with van der Waals surface area (Å²) in [7, 11) is 3.52. The maximum atomic E-state index is 12.0. The standard InChI is InChI=1S/C13H18BrN3O3/c1-15-6-3-7-17(2)13(20)16-11-5-4-9(14)8-10(11)12(18)19/h4-5,8,15H,3,6-7H2,1-2H3,(H,16,20)(H,18,19). The zero-order valence-corrected chi connectivity index (χ0v) is 13.0. The number of hydrogen-bond acceptors (Lipinski definition) is 3. The second kappa shape index (κ2) is 7.86. The number of hydrogen-bond donors (Lipinski definition) is 3. The quantitative estimate of drug-likeness (QED) is 0.691. The number of anilines is 1. The number of rotatable bonds is 6. The third kappa shape index (κ3) is 4.82. The van der Waals surface area contributed by atoms with Crippen molar-refractivity contribution in [3.8, 4) is 0 Å². The molecule has 6 nitrogen and oxygen atoms in total. The third-order valence-corrected chi connectivity index (χ3v) is 3.21. The third-order valence-electron chi connectivity index (χ3n) is 2.72. The number of urea groups is 1. The van der Waals surface area contributed by atoms with Crippen LogP contribution < -0.4 is 10.6 Å². The molecule has 20 heavy (non-hydrogen) atoms. The van der Waals surface area contributed by atoms with E-state index in [9.17, 15) is 9.59 Å². The highest BCUT2D eigenvalue weighted by atomic mass is 79.9. The molecule has 0 aliphatic heterocycles. The van der Waals surface area contributed by atoms with Crippen molar-refractivity contribution in [3.05, 3.63) is 28.2 Å². The molecule has 1 rings (SSSR count). The monoisotopic (exact) mass is 343 g/mol. The van der Waals surface area contributed by atoms with Crippen LogP contribution in [0, 0.1) is 0 Å². The molecule has 1 aromatic rings. The number of benzene rings is 1. The summed E-state index contributed by atoms with van der Waals surface area (Å²) in [5, 5.41) is 14.7. The smallest absolute Gasteiger partial charge is 0.337 e. The van der Waals surface area contributed by atoms with Crippen LogP contribution in [0.3, 0.4) is 0 Å². The van der Waals surface area contributed by atoms with Crippen LogP contribution in [-0.4, -0.2) is 49.2 Å². The molecule has 0 aromatic heterocycles. The predicted molar refractivity (Wildman–Crippen MR) is 81.3 cm³/mol. The zero-order chi connectivity index (χ0) is 15.1. The van der Waals surface area contributed by atoms with Gasteiger partial charge >= 0.3 is 12.0 Å². The Balaban J connectivity index is 2.72. The lowest BCUT2D eigenvalue weighted by Crippen LogP contribution is -2.33. The van der Waals surface area contributed by atoms with Gasteiger partial charge in [0.2, 0.25) is 0 Å². The summed E-state index contributed by atoms with van der Waals surface area (Å²) in [6, 6.07) is 4.38. The molecule has 0 saturated heterocycles. The summed E-state index contributed by atoms with van der Waals surface area (Å²) < 4.78 is 0.648. The molecule has 3 N–H and O–H groups in total. The van der Waals surface area contributed by atoms with E-state index in [1.807, 2.05) is 7.05 Å². The van der Waals surface area contributed by atoms with Crippen molar-refractivity contribution in [1.82, 2.24) is 10.2 Å². The van der Waals surface area contributed by atoms with Gasteiger partial charge < -0.3 is 20.6 Å². The Bertz CT molecular complexity index is 494. The summed E-state index contributed by atoms with van der Waals surface area (Å²) >= 11 is 3.21. The van der Waals surface area contributed by atoms with E-state index >= 15 is 0 Å². The van der Waals surface area contributed by atoms with Crippen molar-refractivity contribution in [1.29, 1.82) is 0 Å². The number of aromatic carboxylic acids is 1. The SMILES string of the molecule is CNCCCN(C)C(=O)Nc1ccc(Br)cc1C(=O)O. The number of carbonyl (C=O) groups excluding carboxylic acids is 1. The second-order valence-corrected chi connectivity index (χ2v) is 5.22. The van der Waals surface area contributed by atoms with Gasteiger partial charge in [0.05, 0.1) is 11.3 Å². The Hall–Kier alpha value is -1.60. The van der Waals surface area contributed by atoms with E-state index in [0.29, 0.717) is 11.0 Å². The maximum absolute atomic E-state index is 12.0. The first kappa shape index (κ1) is 16.5. The molecule has 2 amide bonds. The molecular weight excluding hydrogens is 326 g/mol. The first-order chi connectivity index (χ1) is 9.45. The lowest BCUT2D eigenvalue weighted by molar-refractivity contribution is 0.0698. The minimum atomic E-state index is -1.08. The molecule has 0 atom stereocenters. The number of amides is 2. The van der Waals surface area contributed by atoms with Crippen LogP contribution in [0.15, 0.2) is 22.7 Å². The molecule has 0 radical (unpaired) electrons. The van der Waals surface area contributed by atoms with Crippen molar-refractivity contribution in [3.63, 3.8) is 0 Å². The average Bonchev–Trinajstić information content (AvgIpc) is 2.40. The Kier molecular flexibility index (Phi) is 6.47. The highest BCUT2D eigenvalue weighted by Gasteiger charge is 2.15.